The molecule has 0 saturated heterocycles. The Kier molecular flexibility index (Phi) is 19.3. The van der Waals surface area contributed by atoms with E-state index in [0.29, 0.717) is 46.0 Å². The van der Waals surface area contributed by atoms with E-state index in [9.17, 15) is 39.5 Å². The summed E-state index contributed by atoms with van der Waals surface area (Å²) in [6.45, 7) is 49.2. The van der Waals surface area contributed by atoms with Crippen LogP contribution in [-0.4, -0.2) is 58.7 Å². The molecule has 0 saturated carbocycles. The second kappa shape index (κ2) is 29.5. The first-order chi connectivity index (χ1) is 63.8. The van der Waals surface area contributed by atoms with Crippen molar-refractivity contribution in [1.82, 2.24) is 58.7 Å². The van der Waals surface area contributed by atoms with Crippen molar-refractivity contribution < 1.29 is 66.9 Å². The first kappa shape index (κ1) is 89.0. The number of aromatic nitrogens is 18. The van der Waals surface area contributed by atoms with Gasteiger partial charge in [-0.3, -0.25) is 0 Å². The standard InChI is InChI=1S/2C39H39F3N6.C31H31F3N6/c1-22(2)26-14-11-15-27(23(3)4)35(26)30-21-46-36(29-13-10-9-12-28(29)30)33-20-34(38(40,41)42)44-48(33)39(46)45-17-16-25(37(6,7)8)19-31(45)32-18-24(5)43-47(32)39;1-22(2)28-10-9-11-29(23(3)4)35(28)26-12-13-30-25(19-26)14-16-46-36(30)33-21-34(38(40,41)42)44-48(33)39(46)45-17-15-27(37(6,7)8)20-31(45)32-18-24(5)43-47(32)39;1-18-12-25-24-15-22(29(5,6)7)10-11-37(24)31(39(25)35-18)38-17-19-8-9-21(28(2,3)4)13-20(19)14-23(38)26-16-27(30(32,33)34)36-40(26)31/h2*9-23H,1-8H3;8-17H,1-7H3/q3*+2. The van der Waals surface area contributed by atoms with Crippen LogP contribution in [-0.2, 0) is 57.9 Å². The second-order valence-corrected chi connectivity index (χ2v) is 42.8. The summed E-state index contributed by atoms with van der Waals surface area (Å²) in [7, 11) is 0. The molecule has 6 aliphatic rings. The van der Waals surface area contributed by atoms with Crippen LogP contribution < -0.4 is 27.4 Å². The summed E-state index contributed by atoms with van der Waals surface area (Å²) in [6, 6.07) is 59.8. The topological polar surface area (TPSA) is 130 Å². The van der Waals surface area contributed by atoms with Crippen molar-refractivity contribution in [2.75, 3.05) is 0 Å². The highest BCUT2D eigenvalue weighted by atomic mass is 19.4. The molecule has 3 spiro atoms. The Hall–Kier alpha value is -13.6. The third-order valence-electron chi connectivity index (χ3n) is 28.1. The number of aryl methyl sites for hydroxylation is 3. The van der Waals surface area contributed by atoms with Crippen molar-refractivity contribution in [3.63, 3.8) is 0 Å². The Morgan fingerprint density at radius 3 is 1.05 bits per heavy atom. The number of hydrogen-bond donors (Lipinski definition) is 0. The number of hydrogen-bond acceptors (Lipinski definition) is 6. The van der Waals surface area contributed by atoms with Crippen molar-refractivity contribution in [1.29, 1.82) is 0 Å². The van der Waals surface area contributed by atoms with E-state index in [1.165, 1.54) is 54.0 Å². The fourth-order valence-corrected chi connectivity index (χ4v) is 21.5. The average molecular weight is 1840 g/mol. The van der Waals surface area contributed by atoms with Crippen molar-refractivity contribution in [3.8, 4) is 90.6 Å². The van der Waals surface area contributed by atoms with Crippen molar-refractivity contribution in [2.45, 2.75) is 241 Å². The number of fused-ring (bicyclic) bond motifs is 35. The van der Waals surface area contributed by atoms with Gasteiger partial charge < -0.3 is 0 Å². The van der Waals surface area contributed by atoms with Gasteiger partial charge >= 0.3 is 36.3 Å². The van der Waals surface area contributed by atoms with Crippen LogP contribution in [0.25, 0.3) is 123 Å². The third kappa shape index (κ3) is 12.9. The van der Waals surface area contributed by atoms with Gasteiger partial charge in [-0.2, -0.15) is 70.1 Å². The first-order valence-electron chi connectivity index (χ1n) is 46.6. The van der Waals surface area contributed by atoms with Crippen LogP contribution >= 0.6 is 0 Å². The zero-order valence-corrected chi connectivity index (χ0v) is 80.5. The van der Waals surface area contributed by atoms with Gasteiger partial charge in [0.2, 0.25) is 34.2 Å². The van der Waals surface area contributed by atoms with Crippen LogP contribution in [0.4, 0.5) is 39.5 Å². The summed E-state index contributed by atoms with van der Waals surface area (Å²) >= 11 is 0. The summed E-state index contributed by atoms with van der Waals surface area (Å²) in [6.07, 6.45) is -1.83. The molecule has 5 aromatic carbocycles. The second-order valence-electron chi connectivity index (χ2n) is 42.8. The van der Waals surface area contributed by atoms with Gasteiger partial charge in [0.25, 0.3) is 0 Å². The van der Waals surface area contributed by atoms with E-state index < -0.39 is 53.3 Å². The number of rotatable bonds is 6. The van der Waals surface area contributed by atoms with Crippen LogP contribution in [0.1, 0.15) is 241 Å². The van der Waals surface area contributed by atoms with Crippen LogP contribution in [0.2, 0.25) is 0 Å². The van der Waals surface area contributed by atoms with Gasteiger partial charge in [0.05, 0.1) is 33.4 Å². The fourth-order valence-electron chi connectivity index (χ4n) is 21.5. The fraction of sp³-hybridized carbons (Fsp3) is 0.339. The molecule has 0 N–H and O–H groups in total. The molecule has 17 aromatic rings. The quantitative estimate of drug-likeness (QED) is 0.120. The molecule has 3 unspecified atom stereocenters. The van der Waals surface area contributed by atoms with Gasteiger partial charge in [-0.15, -0.1) is 28.1 Å². The molecule has 136 heavy (non-hydrogen) atoms. The predicted molar refractivity (Wildman–Crippen MR) is 503 cm³/mol. The summed E-state index contributed by atoms with van der Waals surface area (Å²) < 4.78 is 151. The Morgan fingerprint density at radius 1 is 0.279 bits per heavy atom. The van der Waals surface area contributed by atoms with E-state index in [-0.39, 0.29) is 33.5 Å². The van der Waals surface area contributed by atoms with Crippen LogP contribution in [0.5, 0.6) is 0 Å². The van der Waals surface area contributed by atoms with Crippen molar-refractivity contribution >= 4 is 32.3 Å². The molecule has 0 fully saturated rings. The van der Waals surface area contributed by atoms with Crippen LogP contribution in [0.15, 0.2) is 219 Å². The molecule has 0 bridgehead atoms. The molecular formula is C109H109F9N18+6. The summed E-state index contributed by atoms with van der Waals surface area (Å²) in [5, 5.41) is 33.2. The molecule has 0 amide bonds. The molecule has 23 rings (SSSR count). The van der Waals surface area contributed by atoms with Gasteiger partial charge in [-0.1, -0.05) is 239 Å². The molecule has 0 aliphatic carbocycles. The Labute approximate surface area is 782 Å². The molecular weight excluding hydrogens is 1730 g/mol. The van der Waals surface area contributed by atoms with Gasteiger partial charge in [-0.25, -0.2) is 0 Å². The predicted octanol–water partition coefficient (Wildman–Crippen LogP) is 22.9. The van der Waals surface area contributed by atoms with E-state index in [1.807, 2.05) is 143 Å². The number of benzene rings is 5. The van der Waals surface area contributed by atoms with E-state index in [0.717, 1.165) is 129 Å². The van der Waals surface area contributed by atoms with Crippen LogP contribution in [0.3, 0.4) is 0 Å². The maximum Gasteiger partial charge on any atom is 0.583 e. The summed E-state index contributed by atoms with van der Waals surface area (Å²) in [5.74, 6) is -2.99. The smallest absolute Gasteiger partial charge is 0.164 e. The zero-order valence-electron chi connectivity index (χ0n) is 80.5. The van der Waals surface area contributed by atoms with E-state index in [4.69, 9.17) is 15.3 Å². The van der Waals surface area contributed by atoms with Gasteiger partial charge in [0, 0.05) is 77.5 Å². The molecule has 27 heteroatoms. The Bertz CT molecular complexity index is 7890. The molecule has 6 aliphatic heterocycles. The lowest BCUT2D eigenvalue weighted by molar-refractivity contribution is -0.990. The van der Waals surface area contributed by atoms with E-state index in [2.05, 4.69) is 274 Å². The SMILES string of the molecule is Cc1cc2n(n1)C1(n3nc(C(F)(F)F)cc3-c3c4ccc(-c5c(C(C)C)cccc5C(C)C)cc4cc[n+]31)[n+]1ccc(C(C)(C)C)cc1-2.Cc1cc2n(n1)C1(n3nc(C(F)(F)F)cc3-c3c4ccccc4c(-c4c(C(C)C)cccc4C(C)C)c[n+]31)[n+]1ccc(C(C)(C)C)cc1-2.Cc1cc2n(n1)C1(n3nc(C(F)(F)F)cc3-c3cc4cc(C(C)(C)C)ccc4c[n+]31)[n+]1ccc(C(C)(C)C)cc1-2. The lowest BCUT2D eigenvalue weighted by atomic mass is 9.84. The highest BCUT2D eigenvalue weighted by Gasteiger charge is 2.74. The Balaban J connectivity index is 0.000000123. The van der Waals surface area contributed by atoms with E-state index >= 15 is 0 Å². The van der Waals surface area contributed by atoms with Crippen molar-refractivity contribution in [3.05, 3.63) is 298 Å². The molecule has 692 valence electrons. The third-order valence-corrected chi connectivity index (χ3v) is 28.1. The molecule has 12 aromatic heterocycles. The number of pyridine rings is 6. The minimum Gasteiger partial charge on any atom is -0.164 e. The number of alkyl halides is 9. The minimum absolute atomic E-state index is 0.0701. The normalized spacial score (nSPS) is 17.0. The monoisotopic (exact) mass is 1840 g/mol. The van der Waals surface area contributed by atoms with Gasteiger partial charge in [0.15, 0.2) is 71.3 Å². The summed E-state index contributed by atoms with van der Waals surface area (Å²) in [5.41, 5.74) is 21.2. The van der Waals surface area contributed by atoms with Gasteiger partial charge in [-0.05, 0) is 181 Å². The highest BCUT2D eigenvalue weighted by Crippen LogP contribution is 2.52. The minimum atomic E-state index is -4.63. The molecule has 18 heterocycles. The molecule has 18 nitrogen and oxygen atoms in total. The maximum absolute atomic E-state index is 14.5. The lowest BCUT2D eigenvalue weighted by Gasteiger charge is -2.22. The number of halogens is 9. The molecule has 0 radical (unpaired) electrons. The van der Waals surface area contributed by atoms with E-state index in [1.54, 1.807) is 0 Å². The van der Waals surface area contributed by atoms with Crippen molar-refractivity contribution in [2.24, 2.45) is 0 Å². The largest absolute Gasteiger partial charge is 0.583 e. The zero-order chi connectivity index (χ0) is 96.7. The Morgan fingerprint density at radius 2 is 0.632 bits per heavy atom. The summed E-state index contributed by atoms with van der Waals surface area (Å²) in [4.78, 5) is 0. The lowest BCUT2D eigenvalue weighted by Crippen LogP contribution is -2.77. The number of nitrogens with zero attached hydrogens (tertiary/aromatic N) is 18. The highest BCUT2D eigenvalue weighted by molar-refractivity contribution is 6.03. The van der Waals surface area contributed by atoms with Gasteiger partial charge in [0.1, 0.15) is 17.1 Å². The van der Waals surface area contributed by atoms with Crippen LogP contribution in [0, 0.1) is 20.8 Å². The maximum atomic E-state index is 14.5. The first-order valence-corrected chi connectivity index (χ1v) is 46.6. The molecule has 3 atom stereocenters. The average Bonchev–Trinajstić information content (AvgIpc) is 1.50.